The van der Waals surface area contributed by atoms with Crippen LogP contribution in [0.5, 0.6) is 0 Å². The van der Waals surface area contributed by atoms with E-state index in [1.807, 2.05) is 11.0 Å². The molecule has 1 aliphatic heterocycles. The highest BCUT2D eigenvalue weighted by molar-refractivity contribution is 5.92. The molecule has 0 spiro atoms. The van der Waals surface area contributed by atoms with Crippen molar-refractivity contribution in [2.24, 2.45) is 0 Å². The molecule has 0 saturated carbocycles. The fourth-order valence-corrected chi connectivity index (χ4v) is 2.92. The lowest BCUT2D eigenvalue weighted by atomic mass is 9.95. The Labute approximate surface area is 140 Å². The maximum absolute atomic E-state index is 12.5. The molecular formula is C17H20N4O3. The maximum Gasteiger partial charge on any atom is 0.337 e. The first-order valence-electron chi connectivity index (χ1n) is 7.91. The highest BCUT2D eigenvalue weighted by Gasteiger charge is 2.25. The van der Waals surface area contributed by atoms with Crippen molar-refractivity contribution in [3.63, 3.8) is 0 Å². The quantitative estimate of drug-likeness (QED) is 0.848. The van der Waals surface area contributed by atoms with Gasteiger partial charge in [0.1, 0.15) is 0 Å². The predicted molar refractivity (Wildman–Crippen MR) is 88.9 cm³/mol. The summed E-state index contributed by atoms with van der Waals surface area (Å²) in [7, 11) is 1.34. The first-order chi connectivity index (χ1) is 11.7. The number of likely N-dealkylation sites (tertiary alicyclic amines) is 1. The smallest absolute Gasteiger partial charge is 0.337 e. The van der Waals surface area contributed by atoms with Crippen LogP contribution in [-0.2, 0) is 4.74 Å². The summed E-state index contributed by atoms with van der Waals surface area (Å²) in [6.45, 7) is 1.39. The number of amides is 2. The average molecular weight is 328 g/mol. The molecule has 126 valence electrons. The number of rotatable bonds is 3. The van der Waals surface area contributed by atoms with Crippen LogP contribution < -0.4 is 5.32 Å². The van der Waals surface area contributed by atoms with Crippen molar-refractivity contribution in [3.05, 3.63) is 47.8 Å². The fraction of sp³-hybridized carbons (Fsp3) is 0.353. The van der Waals surface area contributed by atoms with E-state index in [0.29, 0.717) is 17.8 Å². The number of nitrogens with one attached hydrogen (secondary N) is 2. The van der Waals surface area contributed by atoms with Crippen molar-refractivity contribution in [2.45, 2.75) is 18.8 Å². The van der Waals surface area contributed by atoms with Crippen molar-refractivity contribution in [1.82, 2.24) is 15.1 Å². The third kappa shape index (κ3) is 3.56. The largest absolute Gasteiger partial charge is 0.465 e. The molecule has 1 fully saturated rings. The molecule has 0 unspecified atom stereocenters. The molecule has 7 nitrogen and oxygen atoms in total. The Morgan fingerprint density at radius 3 is 2.75 bits per heavy atom. The Morgan fingerprint density at radius 1 is 1.29 bits per heavy atom. The number of urea groups is 1. The van der Waals surface area contributed by atoms with Gasteiger partial charge >= 0.3 is 12.0 Å². The Hall–Kier alpha value is -2.83. The van der Waals surface area contributed by atoms with Crippen LogP contribution in [0.4, 0.5) is 10.5 Å². The SMILES string of the molecule is COC(=O)c1ccc(NC(=O)N2CCC[C@H](c3ccn[nH]3)C2)cc1. The zero-order chi connectivity index (χ0) is 16.9. The number of benzene rings is 1. The molecule has 1 atom stereocenters. The number of carbonyl (C=O) groups excluding carboxylic acids is 2. The molecule has 1 aromatic carbocycles. The predicted octanol–water partition coefficient (Wildman–Crippen LogP) is 2.61. The van der Waals surface area contributed by atoms with Gasteiger partial charge in [0.25, 0.3) is 0 Å². The maximum atomic E-state index is 12.5. The van der Waals surface area contributed by atoms with Gasteiger partial charge in [-0.3, -0.25) is 5.10 Å². The lowest BCUT2D eigenvalue weighted by molar-refractivity contribution is 0.0601. The van der Waals surface area contributed by atoms with Crippen LogP contribution in [0, 0.1) is 0 Å². The van der Waals surface area contributed by atoms with E-state index in [0.717, 1.165) is 25.1 Å². The number of H-pyrrole nitrogens is 1. The van der Waals surface area contributed by atoms with Gasteiger partial charge in [0.05, 0.1) is 12.7 Å². The summed E-state index contributed by atoms with van der Waals surface area (Å²) < 4.78 is 4.66. The second kappa shape index (κ2) is 7.16. The molecule has 1 aliphatic rings. The van der Waals surface area contributed by atoms with Gasteiger partial charge < -0.3 is 15.0 Å². The van der Waals surface area contributed by atoms with E-state index in [2.05, 4.69) is 20.3 Å². The minimum absolute atomic E-state index is 0.134. The molecular weight excluding hydrogens is 308 g/mol. The Balaban J connectivity index is 1.61. The van der Waals surface area contributed by atoms with Gasteiger partial charge in [0.15, 0.2) is 0 Å². The Bertz CT molecular complexity index is 697. The van der Waals surface area contributed by atoms with Crippen LogP contribution in [0.25, 0.3) is 0 Å². The molecule has 1 saturated heterocycles. The summed E-state index contributed by atoms with van der Waals surface area (Å²) in [6, 6.07) is 8.47. The number of hydrogen-bond donors (Lipinski definition) is 2. The van der Waals surface area contributed by atoms with E-state index in [1.165, 1.54) is 7.11 Å². The van der Waals surface area contributed by atoms with Crippen LogP contribution >= 0.6 is 0 Å². The third-order valence-corrected chi connectivity index (χ3v) is 4.23. The van der Waals surface area contributed by atoms with Crippen molar-refractivity contribution < 1.29 is 14.3 Å². The van der Waals surface area contributed by atoms with E-state index in [4.69, 9.17) is 0 Å². The first kappa shape index (κ1) is 16.0. The van der Waals surface area contributed by atoms with E-state index in [1.54, 1.807) is 30.5 Å². The topological polar surface area (TPSA) is 87.3 Å². The van der Waals surface area contributed by atoms with Gasteiger partial charge in [-0.25, -0.2) is 9.59 Å². The average Bonchev–Trinajstić information content (AvgIpc) is 3.16. The monoisotopic (exact) mass is 328 g/mol. The second-order valence-electron chi connectivity index (χ2n) is 5.80. The van der Waals surface area contributed by atoms with Gasteiger partial charge in [-0.2, -0.15) is 5.10 Å². The molecule has 2 aromatic rings. The second-order valence-corrected chi connectivity index (χ2v) is 5.80. The fourth-order valence-electron chi connectivity index (χ4n) is 2.92. The molecule has 0 radical (unpaired) electrons. The van der Waals surface area contributed by atoms with Crippen LogP contribution in [0.2, 0.25) is 0 Å². The van der Waals surface area contributed by atoms with Crippen molar-refractivity contribution in [1.29, 1.82) is 0 Å². The Morgan fingerprint density at radius 2 is 2.08 bits per heavy atom. The van der Waals surface area contributed by atoms with Crippen LogP contribution in [-0.4, -0.2) is 47.3 Å². The van der Waals surface area contributed by atoms with Crippen molar-refractivity contribution in [3.8, 4) is 0 Å². The van der Waals surface area contributed by atoms with Gasteiger partial charge in [-0.1, -0.05) is 0 Å². The summed E-state index contributed by atoms with van der Waals surface area (Å²) in [5.41, 5.74) is 2.17. The summed E-state index contributed by atoms with van der Waals surface area (Å²) in [5, 5.41) is 9.84. The molecule has 2 heterocycles. The minimum Gasteiger partial charge on any atom is -0.465 e. The standard InChI is InChI=1S/C17H20N4O3/c1-24-16(22)12-4-6-14(7-5-12)19-17(23)21-10-2-3-13(11-21)15-8-9-18-20-15/h4-9,13H,2-3,10-11H2,1H3,(H,18,20)(H,19,23)/t13-/m0/s1. The van der Waals surface area contributed by atoms with Crippen LogP contribution in [0.3, 0.4) is 0 Å². The number of nitrogens with zero attached hydrogens (tertiary/aromatic N) is 2. The number of piperidine rings is 1. The Kier molecular flexibility index (Phi) is 4.79. The van der Waals surface area contributed by atoms with Gasteiger partial charge in [0, 0.05) is 36.6 Å². The number of aromatic amines is 1. The summed E-state index contributed by atoms with van der Waals surface area (Å²) in [5.74, 6) is -0.111. The molecule has 7 heteroatoms. The highest BCUT2D eigenvalue weighted by Crippen LogP contribution is 2.25. The number of aromatic nitrogens is 2. The van der Waals surface area contributed by atoms with E-state index in [-0.39, 0.29) is 11.9 Å². The summed E-state index contributed by atoms with van der Waals surface area (Å²) in [4.78, 5) is 25.7. The molecule has 0 bridgehead atoms. The van der Waals surface area contributed by atoms with Crippen LogP contribution in [0.1, 0.15) is 34.8 Å². The zero-order valence-corrected chi connectivity index (χ0v) is 13.5. The molecule has 2 amide bonds. The molecule has 1 aromatic heterocycles. The number of esters is 1. The number of hydrogen-bond acceptors (Lipinski definition) is 4. The normalized spacial score (nSPS) is 17.4. The van der Waals surface area contributed by atoms with Gasteiger partial charge in [0.2, 0.25) is 0 Å². The summed E-state index contributed by atoms with van der Waals surface area (Å²) >= 11 is 0. The van der Waals surface area contributed by atoms with E-state index in [9.17, 15) is 9.59 Å². The number of carbonyl (C=O) groups is 2. The lowest BCUT2D eigenvalue weighted by Gasteiger charge is -2.32. The molecule has 2 N–H and O–H groups in total. The summed E-state index contributed by atoms with van der Waals surface area (Å²) in [6.07, 6.45) is 3.73. The highest BCUT2D eigenvalue weighted by atomic mass is 16.5. The first-order valence-corrected chi connectivity index (χ1v) is 7.91. The molecule has 24 heavy (non-hydrogen) atoms. The zero-order valence-electron chi connectivity index (χ0n) is 13.5. The number of anilines is 1. The van der Waals surface area contributed by atoms with E-state index >= 15 is 0 Å². The van der Waals surface area contributed by atoms with Gasteiger partial charge in [-0.15, -0.1) is 0 Å². The van der Waals surface area contributed by atoms with E-state index < -0.39 is 5.97 Å². The van der Waals surface area contributed by atoms with Gasteiger partial charge in [-0.05, 0) is 43.2 Å². The number of ether oxygens (including phenoxy) is 1. The number of methoxy groups -OCH3 is 1. The van der Waals surface area contributed by atoms with Crippen molar-refractivity contribution in [2.75, 3.05) is 25.5 Å². The minimum atomic E-state index is -0.397. The van der Waals surface area contributed by atoms with Crippen molar-refractivity contribution >= 4 is 17.7 Å². The lowest BCUT2D eigenvalue weighted by Crippen LogP contribution is -2.41. The van der Waals surface area contributed by atoms with Crippen LogP contribution in [0.15, 0.2) is 36.5 Å². The third-order valence-electron chi connectivity index (χ3n) is 4.23. The molecule has 3 rings (SSSR count). The molecule has 0 aliphatic carbocycles.